The maximum Gasteiger partial charge on any atom is 0.462 e. The highest BCUT2D eigenvalue weighted by atomic mass is 16.7. The van der Waals surface area contributed by atoms with Crippen LogP contribution < -0.4 is 5.46 Å². The minimum atomic E-state index is -2.06. The summed E-state index contributed by atoms with van der Waals surface area (Å²) >= 11 is 0. The van der Waals surface area contributed by atoms with Crippen molar-refractivity contribution in [3.8, 4) is 0 Å². The Kier molecular flexibility index (Phi) is 1.82. The molecule has 0 amide bonds. The summed E-state index contributed by atoms with van der Waals surface area (Å²) in [7, 11) is 0. The molecule has 2 aliphatic heterocycles. The first kappa shape index (κ1) is 9.41. The number of fused-ring (bicyclic) bond motifs is 1. The van der Waals surface area contributed by atoms with Crippen molar-refractivity contribution in [2.75, 3.05) is 13.1 Å². The Morgan fingerprint density at radius 3 is 2.12 bits per heavy atom. The van der Waals surface area contributed by atoms with Gasteiger partial charge in [-0.25, -0.2) is 0 Å². The van der Waals surface area contributed by atoms with Crippen LogP contribution >= 0.6 is 0 Å². The van der Waals surface area contributed by atoms with Crippen LogP contribution in [0.1, 0.15) is 0 Å². The second kappa shape index (κ2) is 3.09. The zero-order chi connectivity index (χ0) is 11.2. The second-order valence-electron chi connectivity index (χ2n) is 3.97. The van der Waals surface area contributed by atoms with Gasteiger partial charge in [-0.1, -0.05) is 30.3 Å². The molecule has 2 fully saturated rings. The van der Waals surface area contributed by atoms with Gasteiger partial charge in [-0.05, 0) is 0 Å². The van der Waals surface area contributed by atoms with E-state index < -0.39 is 6.69 Å². The van der Waals surface area contributed by atoms with Crippen molar-refractivity contribution in [1.29, 1.82) is 0 Å². The third-order valence-corrected chi connectivity index (χ3v) is 2.95. The van der Waals surface area contributed by atoms with Crippen LogP contribution in [0.5, 0.6) is 0 Å². The molecule has 0 atom stereocenters. The molecular formula is C10H9BNO4-. The molecule has 0 saturated carbocycles. The first-order chi connectivity index (χ1) is 7.71. The van der Waals surface area contributed by atoms with E-state index in [0.717, 1.165) is 5.46 Å². The van der Waals surface area contributed by atoms with E-state index in [1.165, 1.54) is 0 Å². The Bertz CT molecular complexity index is 441. The monoisotopic (exact) mass is 218 g/mol. The van der Waals surface area contributed by atoms with Crippen molar-refractivity contribution in [3.05, 3.63) is 30.3 Å². The van der Waals surface area contributed by atoms with Crippen LogP contribution in [0.15, 0.2) is 30.3 Å². The van der Waals surface area contributed by atoms with Crippen LogP contribution in [0.3, 0.4) is 0 Å². The first-order valence-electron chi connectivity index (χ1n) is 5.09. The maximum atomic E-state index is 11.3. The Morgan fingerprint density at radius 2 is 1.56 bits per heavy atom. The van der Waals surface area contributed by atoms with Crippen LogP contribution in [0.25, 0.3) is 0 Å². The van der Waals surface area contributed by atoms with Crippen molar-refractivity contribution in [2.45, 2.75) is 0 Å². The number of benzene rings is 1. The topological polar surface area (TPSA) is 55.8 Å². The summed E-state index contributed by atoms with van der Waals surface area (Å²) in [5.74, 6) is -0.701. The number of carbonyl (C=O) groups is 2. The third kappa shape index (κ3) is 1.16. The van der Waals surface area contributed by atoms with Gasteiger partial charge in [0.25, 0.3) is 11.9 Å². The Morgan fingerprint density at radius 1 is 1.00 bits per heavy atom. The molecule has 82 valence electrons. The molecule has 2 saturated heterocycles. The van der Waals surface area contributed by atoms with Gasteiger partial charge in [-0.3, -0.25) is 9.59 Å². The summed E-state index contributed by atoms with van der Waals surface area (Å²) in [5, 5.41) is 0. The Hall–Kier alpha value is -1.82. The normalized spacial score (nSPS) is 22.8. The fourth-order valence-electron chi connectivity index (χ4n) is 2.28. The van der Waals surface area contributed by atoms with Gasteiger partial charge in [0.2, 0.25) is 0 Å². The predicted octanol–water partition coefficient (Wildman–Crippen LogP) is -0.752. The molecule has 3 rings (SSSR count). The molecule has 16 heavy (non-hydrogen) atoms. The number of hydrogen-bond donors (Lipinski definition) is 0. The average Bonchev–Trinajstić information content (AvgIpc) is 2.71. The molecule has 2 aliphatic rings. The van der Waals surface area contributed by atoms with Gasteiger partial charge >= 0.3 is 6.69 Å². The van der Waals surface area contributed by atoms with Gasteiger partial charge in [0.1, 0.15) is 0 Å². The lowest BCUT2D eigenvalue weighted by Gasteiger charge is -2.34. The van der Waals surface area contributed by atoms with Crippen molar-refractivity contribution in [3.63, 3.8) is 0 Å². The van der Waals surface area contributed by atoms with Crippen molar-refractivity contribution >= 4 is 24.1 Å². The molecule has 0 radical (unpaired) electrons. The molecule has 2 heterocycles. The van der Waals surface area contributed by atoms with Gasteiger partial charge in [-0.2, -0.15) is 0 Å². The first-order valence-corrected chi connectivity index (χ1v) is 5.09. The lowest BCUT2D eigenvalue weighted by Crippen LogP contribution is -2.58. The van der Waals surface area contributed by atoms with E-state index in [4.69, 9.17) is 9.31 Å². The van der Waals surface area contributed by atoms with E-state index in [1.807, 2.05) is 18.2 Å². The number of carbonyl (C=O) groups excluding carboxylic acids is 2. The molecule has 6 heteroatoms. The molecule has 0 spiro atoms. The highest BCUT2D eigenvalue weighted by molar-refractivity contribution is 6.83. The highest BCUT2D eigenvalue weighted by Gasteiger charge is 2.52. The number of hydrogen-bond acceptors (Lipinski definition) is 5. The van der Waals surface area contributed by atoms with E-state index in [0.29, 0.717) is 0 Å². The molecule has 0 bridgehead atoms. The molecule has 0 aromatic heterocycles. The molecule has 1 aromatic carbocycles. The predicted molar refractivity (Wildman–Crippen MR) is 55.6 cm³/mol. The van der Waals surface area contributed by atoms with E-state index >= 15 is 0 Å². The summed E-state index contributed by atoms with van der Waals surface area (Å²) in [6.45, 7) is -1.84. The molecule has 0 aliphatic carbocycles. The fraction of sp³-hybridized carbons (Fsp3) is 0.200. The van der Waals surface area contributed by atoms with Gasteiger partial charge < -0.3 is 14.1 Å². The molecule has 0 unspecified atom stereocenters. The van der Waals surface area contributed by atoms with E-state index in [2.05, 4.69) is 0 Å². The van der Waals surface area contributed by atoms with Crippen molar-refractivity contribution in [2.24, 2.45) is 0 Å². The standard InChI is InChI=1S/C10H9BNO4/c13-9-6-12-7-10(14)16-11(12,15-9)8-4-2-1-3-5-8/h1-5H,6-7H2/q-1. The molecule has 5 nitrogen and oxygen atoms in total. The van der Waals surface area contributed by atoms with Crippen LogP contribution in [-0.2, 0) is 18.9 Å². The second-order valence-corrected chi connectivity index (χ2v) is 3.97. The molecule has 1 aromatic rings. The smallest absolute Gasteiger partial charge is 0.462 e. The van der Waals surface area contributed by atoms with Gasteiger partial charge in [0.05, 0.1) is 13.1 Å². The lowest BCUT2D eigenvalue weighted by molar-refractivity contribution is -0.137. The minimum Gasteiger partial charge on any atom is -0.639 e. The van der Waals surface area contributed by atoms with Gasteiger partial charge in [0, 0.05) is 0 Å². The van der Waals surface area contributed by atoms with E-state index in [-0.39, 0.29) is 25.0 Å². The summed E-state index contributed by atoms with van der Waals surface area (Å²) in [6, 6.07) is 9.09. The summed E-state index contributed by atoms with van der Waals surface area (Å²) < 4.78 is 10.5. The van der Waals surface area contributed by atoms with Crippen molar-refractivity contribution < 1.29 is 18.9 Å². The largest absolute Gasteiger partial charge is 0.639 e. The quantitative estimate of drug-likeness (QED) is 0.580. The van der Waals surface area contributed by atoms with Crippen LogP contribution in [-0.4, -0.2) is 36.5 Å². The van der Waals surface area contributed by atoms with Gasteiger partial charge in [0.15, 0.2) is 0 Å². The van der Waals surface area contributed by atoms with Crippen LogP contribution in [0.2, 0.25) is 0 Å². The van der Waals surface area contributed by atoms with Gasteiger partial charge in [-0.15, -0.1) is 5.46 Å². The summed E-state index contributed by atoms with van der Waals surface area (Å²) in [5.41, 5.74) is 0.721. The van der Waals surface area contributed by atoms with E-state index in [1.54, 1.807) is 16.9 Å². The minimum absolute atomic E-state index is 0.112. The van der Waals surface area contributed by atoms with Crippen LogP contribution in [0, 0.1) is 0 Å². The molecular weight excluding hydrogens is 209 g/mol. The lowest BCUT2D eigenvalue weighted by atomic mass is 9.63. The zero-order valence-electron chi connectivity index (χ0n) is 8.46. The fourth-order valence-corrected chi connectivity index (χ4v) is 2.28. The number of nitrogens with zero attached hydrogens (tertiary/aromatic N) is 1. The zero-order valence-corrected chi connectivity index (χ0v) is 8.46. The Labute approximate surface area is 91.9 Å². The maximum absolute atomic E-state index is 11.3. The average molecular weight is 218 g/mol. The highest BCUT2D eigenvalue weighted by Crippen LogP contribution is 2.26. The summed E-state index contributed by atoms with van der Waals surface area (Å²) in [4.78, 5) is 24.3. The number of rotatable bonds is 1. The molecule has 0 N–H and O–H groups in total. The van der Waals surface area contributed by atoms with Crippen LogP contribution in [0.4, 0.5) is 0 Å². The summed E-state index contributed by atoms with van der Waals surface area (Å²) in [6.07, 6.45) is 0. The Balaban J connectivity index is 2.08. The third-order valence-electron chi connectivity index (χ3n) is 2.95. The SMILES string of the molecule is O=C1CN2CC(=O)O[B-]2(c2ccccc2)O1. The van der Waals surface area contributed by atoms with Crippen molar-refractivity contribution in [1.82, 2.24) is 4.81 Å². The van der Waals surface area contributed by atoms with E-state index in [9.17, 15) is 9.59 Å².